The van der Waals surface area contributed by atoms with Gasteiger partial charge in [0, 0.05) is 74.6 Å². The molecule has 5 fully saturated rings. The number of fused-ring (bicyclic) bond motifs is 7. The smallest absolute Gasteiger partial charge is 0.389 e. The maximum absolute atomic E-state index is 12.6. The number of ether oxygens (including phenoxy) is 2. The zero-order valence-electron chi connectivity index (χ0n) is 81.1. The average Bonchev–Trinajstić information content (AvgIpc) is 1.70. The first kappa shape index (κ1) is 109. The molecule has 37 nitrogen and oxygen atoms in total. The number of rotatable bonds is 33. The Hall–Kier alpha value is -14.6. The van der Waals surface area contributed by atoms with Crippen molar-refractivity contribution in [3.63, 3.8) is 0 Å². The third-order valence-electron chi connectivity index (χ3n) is 24.8. The van der Waals surface area contributed by atoms with E-state index in [1.165, 1.54) is 101 Å². The van der Waals surface area contributed by atoms with Crippen molar-refractivity contribution in [2.75, 3.05) is 6.61 Å². The van der Waals surface area contributed by atoms with Crippen LogP contribution >= 0.6 is 0 Å². The van der Waals surface area contributed by atoms with Crippen LogP contribution in [0.2, 0.25) is 0 Å². The summed E-state index contributed by atoms with van der Waals surface area (Å²) in [7, 11) is 0. The van der Waals surface area contributed by atoms with Crippen molar-refractivity contribution in [1.29, 1.82) is 0 Å². The molecule has 14 heterocycles. The van der Waals surface area contributed by atoms with Gasteiger partial charge in [0.15, 0.2) is 12.4 Å². The molecule has 0 aromatic carbocycles. The topological polar surface area (TPSA) is 550 Å². The minimum Gasteiger partial charge on any atom is -0.461 e. The van der Waals surface area contributed by atoms with Crippen molar-refractivity contribution in [2.24, 2.45) is 23.7 Å². The molecule has 145 heavy (non-hydrogen) atoms. The molecular formula is C103H119F5N14O23. The van der Waals surface area contributed by atoms with E-state index in [1.807, 2.05) is 25.8 Å². The van der Waals surface area contributed by atoms with Crippen LogP contribution in [-0.4, -0.2) is 88.7 Å². The Balaban J connectivity index is 0.000000151. The largest absolute Gasteiger partial charge is 0.461 e. The van der Waals surface area contributed by atoms with Crippen LogP contribution in [0.3, 0.4) is 0 Å². The Kier molecular flexibility index (Phi) is 38.5. The molecule has 5 aliphatic carbocycles. The monoisotopic (exact) mass is 2010 g/mol. The Labute approximate surface area is 821 Å². The highest BCUT2D eigenvalue weighted by Gasteiger charge is 2.30. The summed E-state index contributed by atoms with van der Waals surface area (Å²) >= 11 is 0. The lowest BCUT2D eigenvalue weighted by Crippen LogP contribution is -2.27. The van der Waals surface area contributed by atoms with E-state index < -0.39 is 75.3 Å². The summed E-state index contributed by atoms with van der Waals surface area (Å²) in [4.78, 5) is 212. The molecule has 0 saturated heterocycles. The third-order valence-corrected chi connectivity index (χ3v) is 24.8. The molecule has 0 bridgehead atoms. The molecule has 14 aromatic heterocycles. The van der Waals surface area contributed by atoms with E-state index in [9.17, 15) is 89.1 Å². The fraction of sp³-hybridized carbons (Fsp3) is 0.505. The molecule has 0 radical (unpaired) electrons. The van der Waals surface area contributed by atoms with Gasteiger partial charge >= 0.3 is 51.6 Å². The molecule has 0 unspecified atom stereocenters. The fourth-order valence-electron chi connectivity index (χ4n) is 16.5. The van der Waals surface area contributed by atoms with E-state index in [0.717, 1.165) is 149 Å². The summed E-state index contributed by atoms with van der Waals surface area (Å²) < 4.78 is 108. The number of hydrogen-bond acceptors (Lipinski definition) is 30. The van der Waals surface area contributed by atoms with E-state index in [-0.39, 0.29) is 129 Å². The van der Waals surface area contributed by atoms with Crippen molar-refractivity contribution in [3.8, 4) is 23.9 Å². The minimum absolute atomic E-state index is 0. The van der Waals surface area contributed by atoms with E-state index in [2.05, 4.69) is 90.5 Å². The number of unbranched alkanes of at least 4 members (excludes halogenated alkanes) is 2. The number of nitrogens with zero attached hydrogens (tertiary/aromatic N) is 7. The number of H-pyrrole nitrogens is 7. The van der Waals surface area contributed by atoms with Crippen LogP contribution < -0.4 is 87.8 Å². The second kappa shape index (κ2) is 51.1. The van der Waals surface area contributed by atoms with Crippen molar-refractivity contribution >= 4 is 77.7 Å². The number of aromatic nitrogens is 14. The zero-order valence-corrected chi connectivity index (χ0v) is 81.1. The average molecular weight is 2020 g/mol. The third kappa shape index (κ3) is 31.5. The van der Waals surface area contributed by atoms with Crippen LogP contribution in [0.25, 0.3) is 77.7 Å². The highest BCUT2D eigenvalue weighted by Crippen LogP contribution is 2.38. The summed E-state index contributed by atoms with van der Waals surface area (Å²) in [6, 6.07) is 9.43. The lowest BCUT2D eigenvalue weighted by atomic mass is 9.96. The predicted octanol–water partition coefficient (Wildman–Crippen LogP) is 15.9. The molecule has 14 aromatic rings. The first-order chi connectivity index (χ1) is 69.1. The highest BCUT2D eigenvalue weighted by atomic mass is 19.4. The standard InChI is InChI=1S/C18H20N2O4.C15H18N2O4.C15H18N2O3.C14H14F2N2O3.C14H16N2O3.C13H13F3N2O3.C13H16N2O3.CH4/c1-2-3-4-10-23-18-19-16(22)15-13(7-5-6-12-8-9-12)11-14(21)24-17(15)20-18;1-2-3-5-9-8-11(18)21-14-12(9)13(19)16-15(17-14)20-10-6-4-7-10;1-2-11-16-14(19)13-10(5-3-4-9-6-7-9)8-12(18)20-15(13)17-11;15-11(16)12-17-13(20)10-8(3-1-2-7-4-5-7)6-9(19)21-14(10)18-12;1-8-15-13(18)12-10(4-2-3-9-5-6-9)7-11(17)19-14(12)16-8;1-2-8-17-11(20)10-7(4-3-5-13(14,15)16)6-9(19)21-12(10)18-8;1-3-5-6-8-7-10(16)18-13-11(8)12(17)14-9(4-2)15-13;/h11-12H,2,5-10H2,1H3,(H,19,20,22);8,10H,2-7H2,1H3,(H,16,17,19);8-9H,2-7H2,1H3,(H,16,17,19);6-7,11H,1-5H2,(H,17,18,20);7,9H,2-6H2,1H3,(H,15,16,18);6H,2-5H2,1H3,(H,17,18,20);7H,3-6H2,1-2H3,(H,14,15,17);1H4. The Morgan fingerprint density at radius 3 is 0.931 bits per heavy atom. The van der Waals surface area contributed by atoms with Gasteiger partial charge in [0.05, 0.1) is 0 Å². The van der Waals surface area contributed by atoms with Crippen molar-refractivity contribution < 1.29 is 62.3 Å². The Bertz CT molecular complexity index is 7930. The molecule has 5 saturated carbocycles. The molecular weight excluding hydrogens is 1900 g/mol. The quantitative estimate of drug-likeness (QED) is 0.0148. The molecule has 19 rings (SSSR count). The summed E-state index contributed by atoms with van der Waals surface area (Å²) in [5, 5.41) is 2.06. The predicted molar refractivity (Wildman–Crippen MR) is 532 cm³/mol. The molecule has 774 valence electrons. The molecule has 0 atom stereocenters. The summed E-state index contributed by atoms with van der Waals surface area (Å²) in [6.07, 6.45) is 23.5. The van der Waals surface area contributed by atoms with Gasteiger partial charge in [0.2, 0.25) is 40.0 Å². The number of aromatic amines is 7. The molecule has 0 amide bonds. The van der Waals surface area contributed by atoms with Gasteiger partial charge in [0.25, 0.3) is 51.4 Å². The van der Waals surface area contributed by atoms with E-state index in [0.29, 0.717) is 112 Å². The van der Waals surface area contributed by atoms with Gasteiger partial charge in [-0.3, -0.25) is 43.5 Å². The summed E-state index contributed by atoms with van der Waals surface area (Å²) in [5.74, 6) is 10.0. The van der Waals surface area contributed by atoms with Gasteiger partial charge in [-0.2, -0.15) is 48.1 Å². The summed E-state index contributed by atoms with van der Waals surface area (Å²) in [6.45, 7) is 13.4. The second-order valence-corrected chi connectivity index (χ2v) is 36.3. The fourth-order valence-corrected chi connectivity index (χ4v) is 16.5. The highest BCUT2D eigenvalue weighted by molar-refractivity contribution is 5.80. The molecule has 7 N–H and O–H groups in total. The Morgan fingerprint density at radius 1 is 0.352 bits per heavy atom. The molecule has 0 aliphatic heterocycles. The van der Waals surface area contributed by atoms with E-state index in [4.69, 9.17) is 40.4 Å². The van der Waals surface area contributed by atoms with Crippen molar-refractivity contribution in [2.45, 2.75) is 306 Å². The van der Waals surface area contributed by atoms with Gasteiger partial charge in [-0.1, -0.05) is 145 Å². The Morgan fingerprint density at radius 2 is 0.634 bits per heavy atom. The first-order valence-electron chi connectivity index (χ1n) is 49.2. The normalized spacial score (nSPS) is 13.7. The maximum Gasteiger partial charge on any atom is 0.389 e. The first-order valence-corrected chi connectivity index (χ1v) is 49.2. The van der Waals surface area contributed by atoms with Crippen LogP contribution in [0.15, 0.2) is 141 Å². The lowest BCUT2D eigenvalue weighted by Gasteiger charge is -2.25. The van der Waals surface area contributed by atoms with Gasteiger partial charge in [0.1, 0.15) is 67.1 Å². The van der Waals surface area contributed by atoms with Crippen LogP contribution in [0.5, 0.6) is 12.0 Å². The maximum atomic E-state index is 12.6. The SMILES string of the molecule is C.CCC#CCOc1nc2oc(=O)cc(CCCC3CC3)c2c(=O)[nH]1.CCCCc1cc(=O)oc2nc(CC)[nH]c(=O)c12.CCCCc1cc(=O)oc2nc(OC3CCC3)[nH]c(=O)c12.CCc1nc2oc(=O)cc(CCCC(F)(F)F)c2c(=O)[nH]1.CCc1nc2oc(=O)cc(CCCC3CC3)c2c(=O)[nH]1.Cc1nc2oc(=O)cc(CCCC3CC3)c2c(=O)[nH]1.O=c1cc(CCCC2CC2)c2c(=O)[nH]c(C(F)F)nc2o1. The number of halogens is 5. The van der Waals surface area contributed by atoms with Crippen molar-refractivity contribution in [3.05, 3.63) is 256 Å². The lowest BCUT2D eigenvalue weighted by molar-refractivity contribution is -0.135. The van der Waals surface area contributed by atoms with Crippen LogP contribution in [0.4, 0.5) is 22.0 Å². The minimum atomic E-state index is -4.27. The van der Waals surface area contributed by atoms with Gasteiger partial charge < -0.3 is 65.3 Å². The van der Waals surface area contributed by atoms with Crippen LogP contribution in [0, 0.1) is 42.4 Å². The molecule has 42 heteroatoms. The summed E-state index contributed by atoms with van der Waals surface area (Å²) in [5.41, 5.74) is -1.83. The zero-order chi connectivity index (χ0) is 103. The second-order valence-electron chi connectivity index (χ2n) is 36.3. The number of aryl methyl sites for hydroxylation is 11. The molecule has 5 aliphatic rings. The van der Waals surface area contributed by atoms with Gasteiger partial charge in [-0.15, -0.1) is 5.92 Å². The van der Waals surface area contributed by atoms with Crippen LogP contribution in [0.1, 0.15) is 290 Å². The number of hydrogen-bond donors (Lipinski definition) is 7. The van der Waals surface area contributed by atoms with Gasteiger partial charge in [-0.25, -0.2) is 42.3 Å². The van der Waals surface area contributed by atoms with Crippen LogP contribution in [-0.2, 0) is 64.2 Å². The number of nitrogens with one attached hydrogen (secondary N) is 7. The van der Waals surface area contributed by atoms with E-state index in [1.54, 1.807) is 13.8 Å². The van der Waals surface area contributed by atoms with Gasteiger partial charge in [-0.05, 0) is 179 Å². The van der Waals surface area contributed by atoms with E-state index >= 15 is 0 Å². The number of alkyl halides is 5. The molecule has 0 spiro atoms. The van der Waals surface area contributed by atoms with Crippen molar-refractivity contribution in [1.82, 2.24) is 69.8 Å².